The predicted octanol–water partition coefficient (Wildman–Crippen LogP) is 1.21. The molecule has 1 amide bonds. The Bertz CT molecular complexity index is 556. The molecule has 0 unspecified atom stereocenters. The molecule has 116 valence electrons. The molecule has 1 aliphatic rings. The summed E-state index contributed by atoms with van der Waals surface area (Å²) in [7, 11) is 1.71. The van der Waals surface area contributed by atoms with Gasteiger partial charge in [-0.25, -0.2) is 4.68 Å². The molecular formula is C13H21N5O3. The second kappa shape index (κ2) is 5.71. The van der Waals surface area contributed by atoms with Crippen molar-refractivity contribution in [1.82, 2.24) is 15.1 Å². The van der Waals surface area contributed by atoms with Crippen molar-refractivity contribution in [2.24, 2.45) is 7.05 Å². The second-order valence-corrected chi connectivity index (χ2v) is 5.82. The van der Waals surface area contributed by atoms with Crippen molar-refractivity contribution in [3.8, 4) is 0 Å². The summed E-state index contributed by atoms with van der Waals surface area (Å²) in [5.74, 6) is 0.490. The number of hydrogen-bond donors (Lipinski definition) is 1. The molecule has 0 aliphatic carbocycles. The monoisotopic (exact) mass is 295 g/mol. The minimum Gasteiger partial charge on any atom is -0.351 e. The predicted molar refractivity (Wildman–Crippen MR) is 78.1 cm³/mol. The fourth-order valence-corrected chi connectivity index (χ4v) is 2.96. The van der Waals surface area contributed by atoms with E-state index in [1.807, 2.05) is 11.8 Å². The number of carbonyl (C=O) groups is 1. The van der Waals surface area contributed by atoms with Crippen LogP contribution in [0, 0.1) is 10.1 Å². The van der Waals surface area contributed by atoms with Crippen LogP contribution in [0.4, 0.5) is 11.5 Å². The minimum atomic E-state index is -0.403. The van der Waals surface area contributed by atoms with Gasteiger partial charge in [0.15, 0.2) is 0 Å². The number of aromatic nitrogens is 2. The Morgan fingerprint density at radius 1 is 1.48 bits per heavy atom. The lowest BCUT2D eigenvalue weighted by molar-refractivity contribution is -0.384. The molecule has 1 aromatic heterocycles. The van der Waals surface area contributed by atoms with E-state index >= 15 is 0 Å². The van der Waals surface area contributed by atoms with Crippen LogP contribution in [0.15, 0.2) is 6.20 Å². The first kappa shape index (κ1) is 15.3. The van der Waals surface area contributed by atoms with Crippen LogP contribution < -0.4 is 10.2 Å². The normalized spacial score (nSPS) is 22.7. The Morgan fingerprint density at radius 2 is 2.19 bits per heavy atom. The van der Waals surface area contributed by atoms with Crippen LogP contribution in [0.1, 0.15) is 33.1 Å². The minimum absolute atomic E-state index is 0.0284. The maximum absolute atomic E-state index is 11.3. The Morgan fingerprint density at radius 3 is 2.81 bits per heavy atom. The lowest BCUT2D eigenvalue weighted by Gasteiger charge is -2.29. The van der Waals surface area contributed by atoms with Gasteiger partial charge in [-0.05, 0) is 26.2 Å². The quantitative estimate of drug-likeness (QED) is 0.668. The molecular weight excluding hydrogens is 274 g/mol. The molecule has 21 heavy (non-hydrogen) atoms. The molecule has 8 nitrogen and oxygen atoms in total. The number of rotatable bonds is 3. The zero-order chi connectivity index (χ0) is 15.6. The van der Waals surface area contributed by atoms with E-state index in [1.165, 1.54) is 13.1 Å². The third-order valence-electron chi connectivity index (χ3n) is 3.95. The van der Waals surface area contributed by atoms with Crippen LogP contribution in [0.5, 0.6) is 0 Å². The molecule has 0 radical (unpaired) electrons. The van der Waals surface area contributed by atoms with Crippen molar-refractivity contribution in [3.63, 3.8) is 0 Å². The maximum Gasteiger partial charge on any atom is 0.331 e. The molecule has 1 N–H and O–H groups in total. The van der Waals surface area contributed by atoms with E-state index in [2.05, 4.69) is 10.4 Å². The average molecular weight is 295 g/mol. The summed E-state index contributed by atoms with van der Waals surface area (Å²) in [6.45, 7) is 4.90. The summed E-state index contributed by atoms with van der Waals surface area (Å²) in [6, 6.07) is 0. The SMILES string of the molecule is CC(=O)N[C@]1(C)CCCN(c2c([N+](=O)[O-])cnn2C)CC1. The summed E-state index contributed by atoms with van der Waals surface area (Å²) in [6.07, 6.45) is 3.75. The summed E-state index contributed by atoms with van der Waals surface area (Å²) in [4.78, 5) is 24.0. The van der Waals surface area contributed by atoms with Crippen LogP contribution >= 0.6 is 0 Å². The van der Waals surface area contributed by atoms with Gasteiger partial charge in [0, 0.05) is 32.6 Å². The van der Waals surface area contributed by atoms with Gasteiger partial charge in [-0.15, -0.1) is 0 Å². The number of amides is 1. The summed E-state index contributed by atoms with van der Waals surface area (Å²) in [5.41, 5.74) is -0.228. The van der Waals surface area contributed by atoms with Crippen LogP contribution in [-0.2, 0) is 11.8 Å². The number of hydrogen-bond acceptors (Lipinski definition) is 5. The topological polar surface area (TPSA) is 93.3 Å². The molecule has 1 fully saturated rings. The summed E-state index contributed by atoms with van der Waals surface area (Å²) < 4.78 is 1.54. The van der Waals surface area contributed by atoms with Crippen molar-refractivity contribution in [3.05, 3.63) is 16.3 Å². The lowest BCUT2D eigenvalue weighted by Crippen LogP contribution is -2.45. The number of aryl methyl sites for hydroxylation is 1. The molecule has 0 aromatic carbocycles. The van der Waals surface area contributed by atoms with Gasteiger partial charge >= 0.3 is 5.69 Å². The third-order valence-corrected chi connectivity index (χ3v) is 3.95. The third kappa shape index (κ3) is 3.32. The van der Waals surface area contributed by atoms with E-state index in [4.69, 9.17) is 0 Å². The zero-order valence-corrected chi connectivity index (χ0v) is 12.6. The number of nitrogens with one attached hydrogen (secondary N) is 1. The lowest BCUT2D eigenvalue weighted by atomic mass is 9.93. The van der Waals surface area contributed by atoms with Crippen molar-refractivity contribution < 1.29 is 9.72 Å². The molecule has 0 spiro atoms. The molecule has 8 heteroatoms. The number of anilines is 1. The number of carbonyl (C=O) groups excluding carboxylic acids is 1. The van der Waals surface area contributed by atoms with Gasteiger partial charge in [-0.2, -0.15) is 5.10 Å². The van der Waals surface area contributed by atoms with Gasteiger partial charge in [0.1, 0.15) is 6.20 Å². The highest BCUT2D eigenvalue weighted by atomic mass is 16.6. The Balaban J connectivity index is 2.19. The van der Waals surface area contributed by atoms with Crippen LogP contribution in [0.25, 0.3) is 0 Å². The van der Waals surface area contributed by atoms with E-state index in [0.717, 1.165) is 25.8 Å². The van der Waals surface area contributed by atoms with E-state index in [0.29, 0.717) is 12.4 Å². The standard InChI is InChI=1S/C13H21N5O3/c1-10(19)15-13(2)5-4-7-17(8-6-13)12-11(18(20)21)9-14-16(12)3/h9H,4-8H2,1-3H3,(H,15,19)/t13-/m1/s1. The van der Waals surface area contributed by atoms with Gasteiger partial charge in [-0.1, -0.05) is 0 Å². The highest BCUT2D eigenvalue weighted by molar-refractivity contribution is 5.73. The van der Waals surface area contributed by atoms with Gasteiger partial charge in [0.25, 0.3) is 0 Å². The highest BCUT2D eigenvalue weighted by Gasteiger charge is 2.32. The molecule has 1 saturated heterocycles. The maximum atomic E-state index is 11.3. The number of nitro groups is 1. The smallest absolute Gasteiger partial charge is 0.331 e. The first-order chi connectivity index (χ1) is 9.82. The van der Waals surface area contributed by atoms with E-state index in [1.54, 1.807) is 11.7 Å². The van der Waals surface area contributed by atoms with Crippen LogP contribution in [0.3, 0.4) is 0 Å². The molecule has 1 aliphatic heterocycles. The van der Waals surface area contributed by atoms with Gasteiger partial charge in [0.05, 0.1) is 4.92 Å². The molecule has 1 aromatic rings. The highest BCUT2D eigenvalue weighted by Crippen LogP contribution is 2.31. The van der Waals surface area contributed by atoms with Crippen LogP contribution in [-0.4, -0.2) is 39.2 Å². The Labute approximate surface area is 123 Å². The van der Waals surface area contributed by atoms with Gasteiger partial charge in [-0.3, -0.25) is 14.9 Å². The fourth-order valence-electron chi connectivity index (χ4n) is 2.96. The zero-order valence-electron chi connectivity index (χ0n) is 12.6. The van der Waals surface area contributed by atoms with Crippen molar-refractivity contribution in [1.29, 1.82) is 0 Å². The fraction of sp³-hybridized carbons (Fsp3) is 0.692. The number of nitrogens with zero attached hydrogens (tertiary/aromatic N) is 4. The van der Waals surface area contributed by atoms with Crippen molar-refractivity contribution in [2.45, 2.75) is 38.6 Å². The molecule has 2 rings (SSSR count). The van der Waals surface area contributed by atoms with E-state index < -0.39 is 4.92 Å². The van der Waals surface area contributed by atoms with Crippen molar-refractivity contribution in [2.75, 3.05) is 18.0 Å². The van der Waals surface area contributed by atoms with E-state index in [9.17, 15) is 14.9 Å². The van der Waals surface area contributed by atoms with Gasteiger partial charge < -0.3 is 10.2 Å². The van der Waals surface area contributed by atoms with Gasteiger partial charge in [0.2, 0.25) is 11.7 Å². The average Bonchev–Trinajstić information content (AvgIpc) is 2.65. The molecule has 2 heterocycles. The van der Waals surface area contributed by atoms with E-state index in [-0.39, 0.29) is 17.1 Å². The summed E-state index contributed by atoms with van der Waals surface area (Å²) >= 11 is 0. The molecule has 0 bridgehead atoms. The Kier molecular flexibility index (Phi) is 4.15. The first-order valence-electron chi connectivity index (χ1n) is 7.02. The first-order valence-corrected chi connectivity index (χ1v) is 7.02. The molecule has 0 saturated carbocycles. The van der Waals surface area contributed by atoms with Crippen molar-refractivity contribution >= 4 is 17.4 Å². The van der Waals surface area contributed by atoms with Crippen LogP contribution in [0.2, 0.25) is 0 Å². The molecule has 1 atom stereocenters. The largest absolute Gasteiger partial charge is 0.351 e. The summed E-state index contributed by atoms with van der Waals surface area (Å²) in [5, 5.41) is 18.1. The second-order valence-electron chi connectivity index (χ2n) is 5.82. The Hall–Kier alpha value is -2.12.